The summed E-state index contributed by atoms with van der Waals surface area (Å²) in [6.45, 7) is 7.89. The summed E-state index contributed by atoms with van der Waals surface area (Å²) in [6, 6.07) is 0.288. The van der Waals surface area contributed by atoms with E-state index in [2.05, 4.69) is 10.5 Å². The molecule has 0 aromatic heterocycles. The fourth-order valence-electron chi connectivity index (χ4n) is 1.70. The Labute approximate surface area is 84.4 Å². The molecule has 0 aromatic rings. The Balaban J connectivity index is 2.49. The van der Waals surface area contributed by atoms with Gasteiger partial charge in [-0.05, 0) is 19.3 Å². The van der Waals surface area contributed by atoms with Crippen molar-refractivity contribution < 1.29 is 9.90 Å². The molecule has 1 saturated carbocycles. The highest BCUT2D eigenvalue weighted by Crippen LogP contribution is 2.57. The van der Waals surface area contributed by atoms with E-state index in [1.54, 1.807) is 6.21 Å². The van der Waals surface area contributed by atoms with Gasteiger partial charge < -0.3 is 10.5 Å². The molecule has 0 saturated heterocycles. The first kappa shape index (κ1) is 11.0. The standard InChI is InChI=1S/C10H18N2O2/c1-6(2)12-11-5-7-8(9(13)14)10(7,3)4/h5-8,12H,1-4H3,(H,13,14)/b11-5+/t7?,8-/m0/s1. The van der Waals surface area contributed by atoms with Gasteiger partial charge in [0.1, 0.15) is 0 Å². The van der Waals surface area contributed by atoms with Gasteiger partial charge in [0.05, 0.1) is 5.92 Å². The number of carbonyl (C=O) groups is 1. The molecule has 4 nitrogen and oxygen atoms in total. The first-order valence-electron chi connectivity index (χ1n) is 4.89. The summed E-state index contributed by atoms with van der Waals surface area (Å²) in [5, 5.41) is 12.9. The molecule has 1 rings (SSSR count). The van der Waals surface area contributed by atoms with E-state index in [0.29, 0.717) is 0 Å². The molecule has 14 heavy (non-hydrogen) atoms. The SMILES string of the molecule is CC(C)N/N=C/C1[C@@H](C(=O)O)C1(C)C. The van der Waals surface area contributed by atoms with Crippen LogP contribution in [0.2, 0.25) is 0 Å². The highest BCUT2D eigenvalue weighted by Gasteiger charge is 2.61. The first-order chi connectivity index (χ1) is 6.37. The molecule has 1 fully saturated rings. The van der Waals surface area contributed by atoms with Crippen molar-refractivity contribution in [3.63, 3.8) is 0 Å². The second-order valence-corrected chi connectivity index (χ2v) is 4.73. The van der Waals surface area contributed by atoms with Gasteiger partial charge in [0, 0.05) is 18.2 Å². The number of hydrazone groups is 1. The average molecular weight is 198 g/mol. The van der Waals surface area contributed by atoms with Crippen LogP contribution in [0.3, 0.4) is 0 Å². The van der Waals surface area contributed by atoms with Crippen molar-refractivity contribution in [1.29, 1.82) is 0 Å². The predicted octanol–water partition coefficient (Wildman–Crippen LogP) is 1.33. The Hall–Kier alpha value is -1.06. The fourth-order valence-corrected chi connectivity index (χ4v) is 1.70. The number of aliphatic carboxylic acids is 1. The van der Waals surface area contributed by atoms with Gasteiger partial charge in [0.2, 0.25) is 0 Å². The number of carboxylic acid groups (broad SMARTS) is 1. The minimum atomic E-state index is -0.726. The van der Waals surface area contributed by atoms with Crippen molar-refractivity contribution in [1.82, 2.24) is 5.43 Å². The van der Waals surface area contributed by atoms with Gasteiger partial charge in [0.15, 0.2) is 0 Å². The van der Waals surface area contributed by atoms with E-state index in [4.69, 9.17) is 5.11 Å². The lowest BCUT2D eigenvalue weighted by Gasteiger charge is -2.01. The third kappa shape index (κ3) is 2.05. The van der Waals surface area contributed by atoms with E-state index >= 15 is 0 Å². The highest BCUT2D eigenvalue weighted by molar-refractivity contribution is 5.84. The quantitative estimate of drug-likeness (QED) is 0.529. The average Bonchev–Trinajstić information content (AvgIpc) is 2.52. The van der Waals surface area contributed by atoms with Crippen molar-refractivity contribution >= 4 is 12.2 Å². The number of hydrogen-bond donors (Lipinski definition) is 2. The summed E-state index contributed by atoms with van der Waals surface area (Å²) < 4.78 is 0. The molecule has 1 aliphatic rings. The molecule has 0 bridgehead atoms. The van der Waals surface area contributed by atoms with E-state index in [9.17, 15) is 4.79 Å². The van der Waals surface area contributed by atoms with Gasteiger partial charge >= 0.3 is 5.97 Å². The number of nitrogens with one attached hydrogen (secondary N) is 1. The van der Waals surface area contributed by atoms with Crippen molar-refractivity contribution in [3.05, 3.63) is 0 Å². The molecule has 0 amide bonds. The van der Waals surface area contributed by atoms with Crippen LogP contribution in [0.4, 0.5) is 0 Å². The van der Waals surface area contributed by atoms with Gasteiger partial charge in [-0.25, -0.2) is 0 Å². The predicted molar refractivity (Wildman–Crippen MR) is 55.2 cm³/mol. The second-order valence-electron chi connectivity index (χ2n) is 4.73. The molecule has 0 radical (unpaired) electrons. The molecular weight excluding hydrogens is 180 g/mol. The van der Waals surface area contributed by atoms with E-state index in [1.165, 1.54) is 0 Å². The third-order valence-corrected chi connectivity index (χ3v) is 2.74. The second kappa shape index (κ2) is 3.59. The molecular formula is C10H18N2O2. The van der Waals surface area contributed by atoms with Gasteiger partial charge in [-0.15, -0.1) is 0 Å². The van der Waals surface area contributed by atoms with Crippen LogP contribution in [0.25, 0.3) is 0 Å². The van der Waals surface area contributed by atoms with Gasteiger partial charge in [-0.1, -0.05) is 13.8 Å². The van der Waals surface area contributed by atoms with Crippen molar-refractivity contribution in [2.24, 2.45) is 22.4 Å². The summed E-state index contributed by atoms with van der Waals surface area (Å²) >= 11 is 0. The minimum absolute atomic E-state index is 0.0613. The molecule has 0 aromatic carbocycles. The number of rotatable bonds is 4. The Kier molecular flexibility index (Phi) is 2.83. The largest absolute Gasteiger partial charge is 0.481 e. The van der Waals surface area contributed by atoms with Crippen LogP contribution in [0, 0.1) is 17.3 Å². The summed E-state index contributed by atoms with van der Waals surface area (Å²) in [6.07, 6.45) is 1.72. The minimum Gasteiger partial charge on any atom is -0.481 e. The number of carboxylic acids is 1. The Morgan fingerprint density at radius 3 is 2.50 bits per heavy atom. The highest BCUT2D eigenvalue weighted by atomic mass is 16.4. The zero-order chi connectivity index (χ0) is 10.9. The molecule has 2 N–H and O–H groups in total. The lowest BCUT2D eigenvalue weighted by Crippen LogP contribution is -2.16. The van der Waals surface area contributed by atoms with E-state index < -0.39 is 5.97 Å². The zero-order valence-corrected chi connectivity index (χ0v) is 9.11. The maximum Gasteiger partial charge on any atom is 0.307 e. The molecule has 0 spiro atoms. The van der Waals surface area contributed by atoms with Crippen LogP contribution in [0.15, 0.2) is 5.10 Å². The summed E-state index contributed by atoms with van der Waals surface area (Å²) in [5.74, 6) is -0.942. The van der Waals surface area contributed by atoms with Crippen LogP contribution < -0.4 is 5.43 Å². The van der Waals surface area contributed by atoms with Crippen molar-refractivity contribution in [2.75, 3.05) is 0 Å². The van der Waals surface area contributed by atoms with E-state index in [0.717, 1.165) is 0 Å². The molecule has 0 heterocycles. The maximum absolute atomic E-state index is 10.8. The first-order valence-corrected chi connectivity index (χ1v) is 4.89. The van der Waals surface area contributed by atoms with Crippen LogP contribution in [-0.4, -0.2) is 23.3 Å². The fraction of sp³-hybridized carbons (Fsp3) is 0.800. The maximum atomic E-state index is 10.8. The molecule has 4 heteroatoms. The normalized spacial score (nSPS) is 29.5. The van der Waals surface area contributed by atoms with Gasteiger partial charge in [-0.2, -0.15) is 5.10 Å². The van der Waals surface area contributed by atoms with Crippen molar-refractivity contribution in [2.45, 2.75) is 33.7 Å². The molecule has 0 aliphatic heterocycles. The van der Waals surface area contributed by atoms with Gasteiger partial charge in [-0.3, -0.25) is 4.79 Å². The van der Waals surface area contributed by atoms with Crippen LogP contribution >= 0.6 is 0 Å². The Bertz CT molecular complexity index is 259. The van der Waals surface area contributed by atoms with Gasteiger partial charge in [0.25, 0.3) is 0 Å². The smallest absolute Gasteiger partial charge is 0.307 e. The Morgan fingerprint density at radius 2 is 2.14 bits per heavy atom. The van der Waals surface area contributed by atoms with E-state index in [-0.39, 0.29) is 23.3 Å². The number of hydrogen-bond acceptors (Lipinski definition) is 3. The monoisotopic (exact) mass is 198 g/mol. The summed E-state index contributed by atoms with van der Waals surface area (Å²) in [7, 11) is 0. The Morgan fingerprint density at radius 1 is 1.57 bits per heavy atom. The lowest BCUT2D eigenvalue weighted by molar-refractivity contribution is -0.139. The van der Waals surface area contributed by atoms with Crippen LogP contribution in [-0.2, 0) is 4.79 Å². The molecule has 1 aliphatic carbocycles. The molecule has 2 atom stereocenters. The zero-order valence-electron chi connectivity index (χ0n) is 9.11. The third-order valence-electron chi connectivity index (χ3n) is 2.74. The van der Waals surface area contributed by atoms with Crippen LogP contribution in [0.1, 0.15) is 27.7 Å². The molecule has 80 valence electrons. The number of nitrogens with zero attached hydrogens (tertiary/aromatic N) is 1. The topological polar surface area (TPSA) is 61.7 Å². The summed E-state index contributed by atoms with van der Waals surface area (Å²) in [5.41, 5.74) is 2.75. The van der Waals surface area contributed by atoms with E-state index in [1.807, 2.05) is 27.7 Å². The van der Waals surface area contributed by atoms with Crippen LogP contribution in [0.5, 0.6) is 0 Å². The van der Waals surface area contributed by atoms with Crippen molar-refractivity contribution in [3.8, 4) is 0 Å². The lowest BCUT2D eigenvalue weighted by atomic mass is 10.1. The summed E-state index contributed by atoms with van der Waals surface area (Å²) in [4.78, 5) is 10.8. The molecule has 1 unspecified atom stereocenters.